The van der Waals surface area contributed by atoms with Gasteiger partial charge in [0.1, 0.15) is 0 Å². The van der Waals surface area contributed by atoms with Crippen LogP contribution >= 0.6 is 0 Å². The molecule has 3 aromatic rings. The summed E-state index contributed by atoms with van der Waals surface area (Å²) in [6.45, 7) is 3.68. The molecule has 0 aliphatic carbocycles. The zero-order valence-corrected chi connectivity index (χ0v) is 17.2. The molecule has 5 heteroatoms. The third-order valence-electron chi connectivity index (χ3n) is 5.70. The maximum Gasteiger partial charge on any atom is 0.260 e. The Balaban J connectivity index is 1.82. The maximum absolute atomic E-state index is 13.4. The minimum absolute atomic E-state index is 0.0112. The minimum atomic E-state index is -0.135. The lowest BCUT2D eigenvalue weighted by Crippen LogP contribution is -2.48. The molecular formula is C25H25N3O2. The fourth-order valence-corrected chi connectivity index (χ4v) is 4.34. The number of hydrogen-bond acceptors (Lipinski definition) is 3. The van der Waals surface area contributed by atoms with E-state index in [4.69, 9.17) is 0 Å². The first-order valence-corrected chi connectivity index (χ1v) is 10.3. The number of benzene rings is 2. The first-order valence-electron chi connectivity index (χ1n) is 10.3. The molecule has 0 bridgehead atoms. The van der Waals surface area contributed by atoms with Crippen molar-refractivity contribution in [3.8, 4) is 0 Å². The third-order valence-corrected chi connectivity index (χ3v) is 5.70. The Kier molecular flexibility index (Phi) is 5.61. The summed E-state index contributed by atoms with van der Waals surface area (Å²) in [4.78, 5) is 34.0. The van der Waals surface area contributed by atoms with Gasteiger partial charge in [0, 0.05) is 36.7 Å². The molecule has 1 aliphatic heterocycles. The summed E-state index contributed by atoms with van der Waals surface area (Å²) < 4.78 is 0. The van der Waals surface area contributed by atoms with Gasteiger partial charge >= 0.3 is 0 Å². The first-order chi connectivity index (χ1) is 14.6. The van der Waals surface area contributed by atoms with Gasteiger partial charge in [0.25, 0.3) is 5.91 Å². The molecule has 0 radical (unpaired) electrons. The van der Waals surface area contributed by atoms with Gasteiger partial charge in [-0.25, -0.2) is 0 Å². The van der Waals surface area contributed by atoms with Crippen molar-refractivity contribution >= 4 is 23.2 Å². The van der Waals surface area contributed by atoms with Crippen LogP contribution in [0.5, 0.6) is 0 Å². The number of rotatable bonds is 4. The maximum atomic E-state index is 13.4. The molecule has 30 heavy (non-hydrogen) atoms. The van der Waals surface area contributed by atoms with Gasteiger partial charge in [0.2, 0.25) is 5.91 Å². The zero-order chi connectivity index (χ0) is 21.1. The molecule has 0 spiro atoms. The second-order valence-corrected chi connectivity index (χ2v) is 7.51. The number of amides is 2. The van der Waals surface area contributed by atoms with Crippen LogP contribution in [0.4, 0.5) is 11.4 Å². The van der Waals surface area contributed by atoms with Gasteiger partial charge in [-0.3, -0.25) is 14.6 Å². The topological polar surface area (TPSA) is 53.5 Å². The Hall–Kier alpha value is -3.47. The van der Waals surface area contributed by atoms with Crippen molar-refractivity contribution in [3.05, 3.63) is 90.3 Å². The summed E-state index contributed by atoms with van der Waals surface area (Å²) in [5, 5.41) is 0. The molecule has 0 saturated carbocycles. The molecule has 0 unspecified atom stereocenters. The Labute approximate surface area is 177 Å². The Morgan fingerprint density at radius 3 is 2.43 bits per heavy atom. The highest BCUT2D eigenvalue weighted by Crippen LogP contribution is 2.43. The Bertz CT molecular complexity index is 1040. The van der Waals surface area contributed by atoms with E-state index in [0.29, 0.717) is 12.0 Å². The SMILES string of the molecule is CC[C@H]1C[C@@H](N(C(C)=O)c2ccccc2)c2ccccc2N1C(=O)c1cccnc1. The highest BCUT2D eigenvalue weighted by Gasteiger charge is 2.39. The van der Waals surface area contributed by atoms with E-state index in [1.165, 1.54) is 0 Å². The number of hydrogen-bond donors (Lipinski definition) is 0. The molecule has 1 aromatic heterocycles. The van der Waals surface area contributed by atoms with Crippen LogP contribution < -0.4 is 9.80 Å². The molecule has 2 atom stereocenters. The van der Waals surface area contributed by atoms with Crippen LogP contribution in [-0.4, -0.2) is 22.8 Å². The lowest BCUT2D eigenvalue weighted by Gasteiger charge is -2.44. The van der Waals surface area contributed by atoms with Crippen molar-refractivity contribution in [1.29, 1.82) is 0 Å². The third kappa shape index (κ3) is 3.59. The summed E-state index contributed by atoms with van der Waals surface area (Å²) in [6, 6.07) is 21.1. The number of carbonyl (C=O) groups is 2. The standard InChI is InChI=1S/C25H25N3O2/c1-3-20-16-24(27(18(2)29)21-11-5-4-6-12-21)22-13-7-8-14-23(22)28(20)25(30)19-10-9-15-26-17-19/h4-15,17,20,24H,3,16H2,1-2H3/t20-,24+/m0/s1. The van der Waals surface area contributed by atoms with Crippen molar-refractivity contribution in [2.45, 2.75) is 38.8 Å². The zero-order valence-electron chi connectivity index (χ0n) is 17.2. The predicted molar refractivity (Wildman–Crippen MR) is 119 cm³/mol. The fourth-order valence-electron chi connectivity index (χ4n) is 4.34. The first kappa shape index (κ1) is 19.8. The van der Waals surface area contributed by atoms with E-state index in [1.54, 1.807) is 31.5 Å². The van der Waals surface area contributed by atoms with Crippen LogP contribution in [-0.2, 0) is 4.79 Å². The van der Waals surface area contributed by atoms with Gasteiger partial charge in [0.05, 0.1) is 11.6 Å². The highest BCUT2D eigenvalue weighted by atomic mass is 16.2. The molecule has 5 nitrogen and oxygen atoms in total. The van der Waals surface area contributed by atoms with Crippen LogP contribution in [0, 0.1) is 0 Å². The second kappa shape index (κ2) is 8.49. The van der Waals surface area contributed by atoms with Crippen molar-refractivity contribution in [3.63, 3.8) is 0 Å². The largest absolute Gasteiger partial charge is 0.305 e. The van der Waals surface area contributed by atoms with E-state index in [1.807, 2.05) is 64.4 Å². The lowest BCUT2D eigenvalue weighted by atomic mass is 9.87. The fraction of sp³-hybridized carbons (Fsp3) is 0.240. The minimum Gasteiger partial charge on any atom is -0.305 e. The van der Waals surface area contributed by atoms with Crippen LogP contribution in [0.2, 0.25) is 0 Å². The Morgan fingerprint density at radius 2 is 1.77 bits per heavy atom. The van der Waals surface area contributed by atoms with E-state index >= 15 is 0 Å². The molecule has 0 N–H and O–H groups in total. The molecule has 2 aromatic carbocycles. The predicted octanol–water partition coefficient (Wildman–Crippen LogP) is 5.00. The number of pyridine rings is 1. The molecule has 2 amide bonds. The summed E-state index contributed by atoms with van der Waals surface area (Å²) in [7, 11) is 0. The van der Waals surface area contributed by atoms with E-state index in [2.05, 4.69) is 11.9 Å². The van der Waals surface area contributed by atoms with Crippen molar-refractivity contribution < 1.29 is 9.59 Å². The molecule has 0 saturated heterocycles. The molecular weight excluding hydrogens is 374 g/mol. The molecule has 152 valence electrons. The van der Waals surface area contributed by atoms with Crippen LogP contribution in [0.25, 0.3) is 0 Å². The average Bonchev–Trinajstić information content (AvgIpc) is 2.79. The van der Waals surface area contributed by atoms with Crippen LogP contribution in [0.15, 0.2) is 79.1 Å². The van der Waals surface area contributed by atoms with Gasteiger partial charge in [-0.2, -0.15) is 0 Å². The number of nitrogens with zero attached hydrogens (tertiary/aromatic N) is 3. The highest BCUT2D eigenvalue weighted by molar-refractivity contribution is 6.07. The van der Waals surface area contributed by atoms with Crippen LogP contribution in [0.3, 0.4) is 0 Å². The average molecular weight is 399 g/mol. The number of fused-ring (bicyclic) bond motifs is 1. The van der Waals surface area contributed by atoms with Crippen LogP contribution in [0.1, 0.15) is 48.7 Å². The van der Waals surface area contributed by atoms with Crippen molar-refractivity contribution in [1.82, 2.24) is 4.98 Å². The number of aromatic nitrogens is 1. The van der Waals surface area contributed by atoms with Gasteiger partial charge in [-0.1, -0.05) is 43.3 Å². The number of carbonyl (C=O) groups excluding carboxylic acids is 2. The number of anilines is 2. The summed E-state index contributed by atoms with van der Waals surface area (Å²) in [5.41, 5.74) is 3.28. The molecule has 1 aliphatic rings. The van der Waals surface area contributed by atoms with Gasteiger partial charge in [-0.15, -0.1) is 0 Å². The van der Waals surface area contributed by atoms with Crippen molar-refractivity contribution in [2.75, 3.05) is 9.80 Å². The van der Waals surface area contributed by atoms with Crippen molar-refractivity contribution in [2.24, 2.45) is 0 Å². The summed E-state index contributed by atoms with van der Waals surface area (Å²) in [6.07, 6.45) is 4.74. The summed E-state index contributed by atoms with van der Waals surface area (Å²) in [5.74, 6) is -0.0715. The van der Waals surface area contributed by atoms with E-state index in [9.17, 15) is 9.59 Å². The monoisotopic (exact) mass is 399 g/mol. The second-order valence-electron chi connectivity index (χ2n) is 7.51. The molecule has 4 rings (SSSR count). The number of para-hydroxylation sites is 2. The van der Waals surface area contributed by atoms with E-state index in [-0.39, 0.29) is 23.9 Å². The normalized spacial score (nSPS) is 17.9. The molecule has 0 fully saturated rings. The Morgan fingerprint density at radius 1 is 1.03 bits per heavy atom. The quantitative estimate of drug-likeness (QED) is 0.620. The molecule has 2 heterocycles. The smallest absolute Gasteiger partial charge is 0.260 e. The van der Waals surface area contributed by atoms with Gasteiger partial charge in [-0.05, 0) is 48.7 Å². The van der Waals surface area contributed by atoms with Gasteiger partial charge < -0.3 is 9.80 Å². The summed E-state index contributed by atoms with van der Waals surface area (Å²) >= 11 is 0. The van der Waals surface area contributed by atoms with E-state index in [0.717, 1.165) is 23.4 Å². The lowest BCUT2D eigenvalue weighted by molar-refractivity contribution is -0.117. The van der Waals surface area contributed by atoms with E-state index < -0.39 is 0 Å². The van der Waals surface area contributed by atoms with Gasteiger partial charge in [0.15, 0.2) is 0 Å².